The molecule has 92 valence electrons. The highest BCUT2D eigenvalue weighted by atomic mass is 16.1. The zero-order chi connectivity index (χ0) is 12.6. The van der Waals surface area contributed by atoms with E-state index in [0.29, 0.717) is 13.0 Å². The Morgan fingerprint density at radius 2 is 2.22 bits per heavy atom. The number of amides is 1. The second-order valence-corrected chi connectivity index (χ2v) is 5.17. The molecule has 2 N–H and O–H groups in total. The van der Waals surface area contributed by atoms with E-state index < -0.39 is 0 Å². The fourth-order valence-corrected chi connectivity index (χ4v) is 2.24. The molecule has 1 aromatic carbocycles. The Bertz CT molecular complexity index is 540. The minimum Gasteiger partial charge on any atom is -0.383 e. The first-order chi connectivity index (χ1) is 8.71. The minimum absolute atomic E-state index is 0.0876. The number of carbonyl (C=O) groups is 1. The smallest absolute Gasteiger partial charge is 0.224 e. The largest absolute Gasteiger partial charge is 0.383 e. The van der Waals surface area contributed by atoms with Crippen LogP contribution in [0.3, 0.4) is 0 Å². The van der Waals surface area contributed by atoms with E-state index in [1.807, 2.05) is 12.1 Å². The van der Waals surface area contributed by atoms with Crippen molar-refractivity contribution in [2.75, 3.05) is 17.2 Å². The van der Waals surface area contributed by atoms with Crippen molar-refractivity contribution in [1.29, 1.82) is 5.26 Å². The van der Waals surface area contributed by atoms with Crippen molar-refractivity contribution >= 4 is 17.3 Å². The van der Waals surface area contributed by atoms with Crippen LogP contribution in [0.25, 0.3) is 0 Å². The number of benzene rings is 1. The summed E-state index contributed by atoms with van der Waals surface area (Å²) < 4.78 is 0. The third-order valence-corrected chi connectivity index (χ3v) is 3.72. The number of nitriles is 1. The van der Waals surface area contributed by atoms with Crippen LogP contribution in [0.2, 0.25) is 0 Å². The molecule has 0 saturated heterocycles. The average Bonchev–Trinajstić information content (AvgIpc) is 3.17. The number of rotatable bonds is 3. The summed E-state index contributed by atoms with van der Waals surface area (Å²) in [6.07, 6.45) is 3.34. The van der Waals surface area contributed by atoms with Gasteiger partial charge in [0.2, 0.25) is 5.91 Å². The van der Waals surface area contributed by atoms with Gasteiger partial charge in [0, 0.05) is 24.3 Å². The van der Waals surface area contributed by atoms with Crippen molar-refractivity contribution in [3.63, 3.8) is 0 Å². The number of anilines is 2. The van der Waals surface area contributed by atoms with Crippen molar-refractivity contribution in [3.8, 4) is 6.07 Å². The van der Waals surface area contributed by atoms with E-state index in [1.165, 1.54) is 5.56 Å². The lowest BCUT2D eigenvalue weighted by molar-refractivity contribution is -0.116. The normalized spacial score (nSPS) is 19.4. The summed E-state index contributed by atoms with van der Waals surface area (Å²) in [5.74, 6) is 0.0876. The van der Waals surface area contributed by atoms with Gasteiger partial charge in [0.1, 0.15) is 0 Å². The number of nitrogens with one attached hydrogen (secondary N) is 2. The third kappa shape index (κ3) is 2.04. The van der Waals surface area contributed by atoms with Gasteiger partial charge < -0.3 is 10.6 Å². The van der Waals surface area contributed by atoms with E-state index in [-0.39, 0.29) is 11.3 Å². The van der Waals surface area contributed by atoms with Crippen LogP contribution in [-0.2, 0) is 11.2 Å². The topological polar surface area (TPSA) is 64.9 Å². The van der Waals surface area contributed by atoms with Crippen LogP contribution in [-0.4, -0.2) is 12.5 Å². The van der Waals surface area contributed by atoms with Crippen LogP contribution in [0.15, 0.2) is 18.2 Å². The summed E-state index contributed by atoms with van der Waals surface area (Å²) in [6.45, 7) is 0.717. The van der Waals surface area contributed by atoms with Gasteiger partial charge in [0.15, 0.2) is 0 Å². The van der Waals surface area contributed by atoms with Crippen molar-refractivity contribution in [1.82, 2.24) is 0 Å². The van der Waals surface area contributed by atoms with Gasteiger partial charge in [-0.15, -0.1) is 0 Å². The van der Waals surface area contributed by atoms with Crippen LogP contribution >= 0.6 is 0 Å². The molecule has 0 atom stereocenters. The molecule has 4 heteroatoms. The lowest BCUT2D eigenvalue weighted by Crippen LogP contribution is -2.19. The molecule has 4 nitrogen and oxygen atoms in total. The molecule has 3 rings (SSSR count). The molecule has 0 unspecified atom stereocenters. The standard InChI is InChI=1S/C14H15N3O/c15-8-14(5-6-14)9-16-11-2-3-12-10(7-11)1-4-13(18)17-12/h2-3,7,16H,1,4-6,9H2,(H,17,18). The van der Waals surface area contributed by atoms with Crippen LogP contribution in [0.4, 0.5) is 11.4 Å². The second kappa shape index (κ2) is 4.02. The third-order valence-electron chi connectivity index (χ3n) is 3.72. The molecule has 1 heterocycles. The van der Waals surface area contributed by atoms with Crippen molar-refractivity contribution in [2.45, 2.75) is 25.7 Å². The zero-order valence-corrected chi connectivity index (χ0v) is 10.1. The number of hydrogen-bond acceptors (Lipinski definition) is 3. The van der Waals surface area contributed by atoms with Gasteiger partial charge in [0.05, 0.1) is 11.5 Å². The fourth-order valence-electron chi connectivity index (χ4n) is 2.24. The quantitative estimate of drug-likeness (QED) is 0.853. The van der Waals surface area contributed by atoms with E-state index in [4.69, 9.17) is 5.26 Å². The first-order valence-electron chi connectivity index (χ1n) is 6.29. The van der Waals surface area contributed by atoms with E-state index >= 15 is 0 Å². The van der Waals surface area contributed by atoms with Gasteiger partial charge in [0.25, 0.3) is 0 Å². The van der Waals surface area contributed by atoms with Gasteiger partial charge in [-0.25, -0.2) is 0 Å². The summed E-state index contributed by atoms with van der Waals surface area (Å²) in [7, 11) is 0. The van der Waals surface area contributed by atoms with E-state index in [9.17, 15) is 4.79 Å². The molecule has 18 heavy (non-hydrogen) atoms. The molecular weight excluding hydrogens is 226 g/mol. The molecule has 1 fully saturated rings. The molecule has 0 spiro atoms. The van der Waals surface area contributed by atoms with Crippen LogP contribution in [0.1, 0.15) is 24.8 Å². The predicted molar refractivity (Wildman–Crippen MR) is 69.2 cm³/mol. The number of fused-ring (bicyclic) bond motifs is 1. The maximum atomic E-state index is 11.3. The molecule has 1 saturated carbocycles. The Hall–Kier alpha value is -2.02. The predicted octanol–water partition coefficient (Wildman–Crippen LogP) is 2.29. The highest BCUT2D eigenvalue weighted by molar-refractivity contribution is 5.94. The Labute approximate surface area is 106 Å². The molecule has 2 aliphatic rings. The molecule has 1 aliphatic heterocycles. The van der Waals surface area contributed by atoms with Crippen LogP contribution in [0.5, 0.6) is 0 Å². The molecule has 0 bridgehead atoms. The van der Waals surface area contributed by atoms with Gasteiger partial charge >= 0.3 is 0 Å². The number of aryl methyl sites for hydroxylation is 1. The highest BCUT2D eigenvalue weighted by Crippen LogP contribution is 2.44. The number of nitrogens with zero attached hydrogens (tertiary/aromatic N) is 1. The zero-order valence-electron chi connectivity index (χ0n) is 10.1. The molecular formula is C14H15N3O. The second-order valence-electron chi connectivity index (χ2n) is 5.17. The van der Waals surface area contributed by atoms with Gasteiger partial charge in [-0.1, -0.05) is 0 Å². The summed E-state index contributed by atoms with van der Waals surface area (Å²) >= 11 is 0. The summed E-state index contributed by atoms with van der Waals surface area (Å²) in [4.78, 5) is 11.3. The lowest BCUT2D eigenvalue weighted by Gasteiger charge is -2.18. The Morgan fingerprint density at radius 1 is 1.39 bits per heavy atom. The maximum Gasteiger partial charge on any atom is 0.224 e. The number of carbonyl (C=O) groups excluding carboxylic acids is 1. The van der Waals surface area contributed by atoms with Gasteiger partial charge in [-0.05, 0) is 43.0 Å². The minimum atomic E-state index is -0.135. The Morgan fingerprint density at radius 3 is 2.94 bits per heavy atom. The molecule has 1 aromatic rings. The van der Waals surface area contributed by atoms with Crippen molar-refractivity contribution in [3.05, 3.63) is 23.8 Å². The first kappa shape index (κ1) is 11.1. The van der Waals surface area contributed by atoms with Gasteiger partial charge in [-0.2, -0.15) is 5.26 Å². The SMILES string of the molecule is N#CC1(CNc2ccc3c(c2)CCC(=O)N3)CC1. The fraction of sp³-hybridized carbons (Fsp3) is 0.429. The summed E-state index contributed by atoms with van der Waals surface area (Å²) in [6, 6.07) is 8.33. The molecule has 1 amide bonds. The maximum absolute atomic E-state index is 11.3. The monoisotopic (exact) mass is 241 g/mol. The van der Waals surface area contributed by atoms with E-state index in [2.05, 4.69) is 22.8 Å². The van der Waals surface area contributed by atoms with E-state index in [1.54, 1.807) is 0 Å². The van der Waals surface area contributed by atoms with Crippen LogP contribution < -0.4 is 10.6 Å². The summed E-state index contributed by atoms with van der Waals surface area (Å²) in [5, 5.41) is 15.2. The van der Waals surface area contributed by atoms with Crippen molar-refractivity contribution in [2.24, 2.45) is 5.41 Å². The van der Waals surface area contributed by atoms with E-state index in [0.717, 1.165) is 30.6 Å². The summed E-state index contributed by atoms with van der Waals surface area (Å²) in [5.41, 5.74) is 2.98. The lowest BCUT2D eigenvalue weighted by atomic mass is 10.0. The van der Waals surface area contributed by atoms with Gasteiger partial charge in [-0.3, -0.25) is 4.79 Å². The first-order valence-corrected chi connectivity index (χ1v) is 6.29. The molecule has 1 aliphatic carbocycles. The number of hydrogen-bond donors (Lipinski definition) is 2. The Balaban J connectivity index is 1.71. The molecule has 0 radical (unpaired) electrons. The van der Waals surface area contributed by atoms with Crippen LogP contribution in [0, 0.1) is 16.7 Å². The average molecular weight is 241 g/mol. The van der Waals surface area contributed by atoms with Crippen molar-refractivity contribution < 1.29 is 4.79 Å². The Kier molecular flexibility index (Phi) is 2.48. The highest BCUT2D eigenvalue weighted by Gasteiger charge is 2.42. The molecule has 0 aromatic heterocycles.